The van der Waals surface area contributed by atoms with Crippen LogP contribution in [0.5, 0.6) is 0 Å². The Morgan fingerprint density at radius 3 is 1.22 bits per heavy atom. The van der Waals surface area contributed by atoms with Crippen LogP contribution in [-0.2, 0) is 0 Å². The molecular weight excluding hydrogens is 382 g/mol. The molecule has 0 fully saturated rings. The summed E-state index contributed by atoms with van der Waals surface area (Å²) in [5.74, 6) is 0. The summed E-state index contributed by atoms with van der Waals surface area (Å²) in [7, 11) is -3.14. The molecule has 27 heavy (non-hydrogen) atoms. The van der Waals surface area contributed by atoms with Gasteiger partial charge in [-0.05, 0) is 67.5 Å². The van der Waals surface area contributed by atoms with Gasteiger partial charge in [-0.15, -0.1) is 0 Å². The number of allylic oxidation sites excluding steroid dienone is 1. The van der Waals surface area contributed by atoms with Crippen molar-refractivity contribution in [3.05, 3.63) is 10.3 Å². The van der Waals surface area contributed by atoms with E-state index in [4.69, 9.17) is 0 Å². The van der Waals surface area contributed by atoms with Crippen molar-refractivity contribution in [1.29, 1.82) is 0 Å². The van der Waals surface area contributed by atoms with E-state index < -0.39 is 15.3 Å². The van der Waals surface area contributed by atoms with E-state index in [1.165, 1.54) is 0 Å². The van der Waals surface area contributed by atoms with Crippen molar-refractivity contribution in [3.63, 3.8) is 0 Å². The molecular formula is C22H49N2P2Si+. The van der Waals surface area contributed by atoms with Crippen LogP contribution < -0.4 is 0 Å². The van der Waals surface area contributed by atoms with E-state index in [0.29, 0.717) is 29.6 Å². The summed E-state index contributed by atoms with van der Waals surface area (Å²) in [5.41, 5.74) is 0.291. The van der Waals surface area contributed by atoms with Gasteiger partial charge in [-0.2, -0.15) is 9.34 Å². The summed E-state index contributed by atoms with van der Waals surface area (Å²) < 4.78 is 5.98. The molecule has 0 saturated carbocycles. The van der Waals surface area contributed by atoms with Crippen LogP contribution >= 0.6 is 14.9 Å². The molecule has 0 spiro atoms. The molecule has 1 rings (SSSR count). The smallest absolute Gasteiger partial charge is 0.152 e. The van der Waals surface area contributed by atoms with Crippen LogP contribution in [0.3, 0.4) is 0 Å². The van der Waals surface area contributed by atoms with Crippen LogP contribution in [-0.4, -0.2) is 48.2 Å². The fraction of sp³-hybridized carbons (Fsp3) is 0.909. The normalized spacial score (nSPS) is 21.4. The van der Waals surface area contributed by atoms with Gasteiger partial charge in [0.15, 0.2) is 7.25 Å². The minimum Gasteiger partial charge on any atom is -0.152 e. The van der Waals surface area contributed by atoms with Crippen LogP contribution in [0.1, 0.15) is 76.2 Å². The Kier molecular flexibility index (Phi) is 8.08. The molecule has 1 atom stereocenters. The van der Waals surface area contributed by atoms with E-state index >= 15 is 0 Å². The number of hydrogen-bond acceptors (Lipinski definition) is 2. The molecule has 1 unspecified atom stereocenters. The van der Waals surface area contributed by atoms with E-state index in [2.05, 4.69) is 112 Å². The molecule has 0 bridgehead atoms. The monoisotopic (exact) mass is 431 g/mol. The second-order valence-electron chi connectivity index (χ2n) is 11.4. The molecule has 0 amide bonds. The Labute approximate surface area is 174 Å². The van der Waals surface area contributed by atoms with E-state index in [1.807, 2.05) is 10.3 Å². The molecule has 1 heterocycles. The highest BCUT2D eigenvalue weighted by Gasteiger charge is 2.73. The van der Waals surface area contributed by atoms with Gasteiger partial charge in [-0.3, -0.25) is 0 Å². The van der Waals surface area contributed by atoms with Gasteiger partial charge in [0.1, 0.15) is 15.7 Å². The zero-order chi connectivity index (χ0) is 21.7. The van der Waals surface area contributed by atoms with Gasteiger partial charge in [-0.25, -0.2) is 0 Å². The molecule has 0 aromatic rings. The molecule has 0 radical (unpaired) electrons. The summed E-state index contributed by atoms with van der Waals surface area (Å²) in [6, 6.07) is 2.32. The fourth-order valence-electron chi connectivity index (χ4n) is 5.33. The molecule has 0 aliphatic carbocycles. The van der Waals surface area contributed by atoms with Crippen LogP contribution in [0, 0.1) is 5.41 Å². The summed E-state index contributed by atoms with van der Waals surface area (Å²) in [6.45, 7) is 37.3. The zero-order valence-electron chi connectivity index (χ0n) is 21.1. The highest BCUT2D eigenvalue weighted by molar-refractivity contribution is 8.43. The first-order valence-electron chi connectivity index (χ1n) is 10.9. The molecule has 5 heteroatoms. The van der Waals surface area contributed by atoms with Gasteiger partial charge in [0.05, 0.1) is 4.94 Å². The lowest BCUT2D eigenvalue weighted by molar-refractivity contribution is 0.254. The van der Waals surface area contributed by atoms with Crippen molar-refractivity contribution in [2.45, 2.75) is 120 Å². The van der Waals surface area contributed by atoms with Crippen LogP contribution in [0.4, 0.5) is 0 Å². The van der Waals surface area contributed by atoms with E-state index in [1.54, 1.807) is 0 Å². The Morgan fingerprint density at radius 1 is 0.741 bits per heavy atom. The topological polar surface area (TPSA) is 6.48 Å². The Balaban J connectivity index is 4.03. The Bertz CT molecular complexity index is 518. The van der Waals surface area contributed by atoms with Crippen molar-refractivity contribution in [2.24, 2.45) is 5.41 Å². The largest absolute Gasteiger partial charge is 0.199 e. The molecule has 0 saturated heterocycles. The van der Waals surface area contributed by atoms with Crippen LogP contribution in [0.2, 0.25) is 19.6 Å². The van der Waals surface area contributed by atoms with Crippen molar-refractivity contribution in [2.75, 3.05) is 6.66 Å². The highest BCUT2D eigenvalue weighted by Crippen LogP contribution is 3.03. The third kappa shape index (κ3) is 4.44. The summed E-state index contributed by atoms with van der Waals surface area (Å²) >= 11 is 0. The average Bonchev–Trinajstić information content (AvgIpc) is 2.38. The minimum absolute atomic E-state index is 0.152. The van der Waals surface area contributed by atoms with Gasteiger partial charge in [-0.1, -0.05) is 40.4 Å². The summed E-state index contributed by atoms with van der Waals surface area (Å²) in [5, 5.41) is 1.85. The van der Waals surface area contributed by atoms with Crippen molar-refractivity contribution >= 4 is 22.9 Å². The van der Waals surface area contributed by atoms with Gasteiger partial charge in [0.25, 0.3) is 0 Å². The molecule has 0 aromatic carbocycles. The predicted molar refractivity (Wildman–Crippen MR) is 134 cm³/mol. The summed E-state index contributed by atoms with van der Waals surface area (Å²) in [4.78, 5) is 1.95. The fourth-order valence-corrected chi connectivity index (χ4v) is 30.7. The van der Waals surface area contributed by atoms with Crippen LogP contribution in [0.25, 0.3) is 0 Å². The Hall–Kier alpha value is 0.737. The van der Waals surface area contributed by atoms with E-state index in [9.17, 15) is 0 Å². The maximum atomic E-state index is 2.99. The predicted octanol–water partition coefficient (Wildman–Crippen LogP) is 8.25. The number of rotatable bonds is 7. The maximum Gasteiger partial charge on any atom is 0.199 e. The number of hydrogen-bond donors (Lipinski definition) is 0. The van der Waals surface area contributed by atoms with Gasteiger partial charge >= 0.3 is 0 Å². The third-order valence-electron chi connectivity index (χ3n) is 5.45. The maximum absolute atomic E-state index is 2.99. The molecule has 1 aliphatic heterocycles. The highest BCUT2D eigenvalue weighted by atomic mass is 32.1. The molecule has 1 aliphatic rings. The van der Waals surface area contributed by atoms with E-state index in [-0.39, 0.29) is 7.61 Å². The SMILES string of the molecule is CC(C)N(C(C)C)[P+]1(N(C(C)C)C(C)C)C([Si](C)(C)C)=C(C(C)(C)C)P1C. The van der Waals surface area contributed by atoms with Gasteiger partial charge in [0.2, 0.25) is 0 Å². The first-order chi connectivity index (χ1) is 11.9. The quantitative estimate of drug-likeness (QED) is 0.296. The average molecular weight is 432 g/mol. The molecule has 0 N–H and O–H groups in total. The first-order valence-corrected chi connectivity index (χ1v) is 18.6. The van der Waals surface area contributed by atoms with E-state index in [0.717, 1.165) is 0 Å². The lowest BCUT2D eigenvalue weighted by atomic mass is 9.97. The molecule has 160 valence electrons. The lowest BCUT2D eigenvalue weighted by Gasteiger charge is -2.61. The standard InChI is InChI=1S/C22H49N2P2Si/c1-16(2)23(17(3)4)26(24(18(5)6)19(7)8)21(27(13,14)15)20(25(26)12)22(9,10)11/h16-19H,1-15H3/q+1. The van der Waals surface area contributed by atoms with Gasteiger partial charge in [0, 0.05) is 29.5 Å². The van der Waals surface area contributed by atoms with Gasteiger partial charge < -0.3 is 0 Å². The first kappa shape index (κ1) is 25.8. The number of nitrogens with zero attached hydrogens (tertiary/aromatic N) is 2. The van der Waals surface area contributed by atoms with Crippen LogP contribution in [0.15, 0.2) is 10.3 Å². The summed E-state index contributed by atoms with van der Waals surface area (Å²) in [6.07, 6.45) is 0. The van der Waals surface area contributed by atoms with Crippen molar-refractivity contribution < 1.29 is 0 Å². The Morgan fingerprint density at radius 2 is 1.04 bits per heavy atom. The lowest BCUT2D eigenvalue weighted by Crippen LogP contribution is -2.54. The molecule has 0 aromatic heterocycles. The zero-order valence-corrected chi connectivity index (χ0v) is 23.9. The van der Waals surface area contributed by atoms with Crippen molar-refractivity contribution in [3.8, 4) is 0 Å². The second kappa shape index (κ2) is 8.47. The molecule has 2 nitrogen and oxygen atoms in total. The second-order valence-corrected chi connectivity index (χ2v) is 24.3. The van der Waals surface area contributed by atoms with Crippen molar-refractivity contribution in [1.82, 2.24) is 9.34 Å². The third-order valence-corrected chi connectivity index (χ3v) is 22.3. The minimum atomic E-state index is -1.52.